The number of carbonyl (C=O) groups is 2. The van der Waals surface area contributed by atoms with E-state index in [2.05, 4.69) is 9.72 Å². The Balaban J connectivity index is 2.44. The monoisotopic (exact) mass is 291 g/mol. The SMILES string of the molecule is COC(=O)c1ccc(-c2cncc(C(=O)O)c2)cc1Cl. The van der Waals surface area contributed by atoms with Gasteiger partial charge in [0.25, 0.3) is 0 Å². The van der Waals surface area contributed by atoms with Crippen LogP contribution in [0.2, 0.25) is 5.02 Å². The lowest BCUT2D eigenvalue weighted by Gasteiger charge is -2.06. The summed E-state index contributed by atoms with van der Waals surface area (Å²) < 4.78 is 4.60. The van der Waals surface area contributed by atoms with Crippen molar-refractivity contribution in [3.05, 3.63) is 52.8 Å². The Morgan fingerprint density at radius 3 is 2.55 bits per heavy atom. The van der Waals surface area contributed by atoms with Crippen molar-refractivity contribution in [2.45, 2.75) is 0 Å². The van der Waals surface area contributed by atoms with Crippen molar-refractivity contribution in [2.24, 2.45) is 0 Å². The van der Waals surface area contributed by atoms with Gasteiger partial charge in [-0.05, 0) is 23.8 Å². The first-order chi connectivity index (χ1) is 9.52. The Labute approximate surface area is 119 Å². The number of carbonyl (C=O) groups excluding carboxylic acids is 1. The van der Waals surface area contributed by atoms with Crippen LogP contribution in [-0.2, 0) is 4.74 Å². The highest BCUT2D eigenvalue weighted by Crippen LogP contribution is 2.26. The molecule has 1 aromatic carbocycles. The molecule has 1 aromatic heterocycles. The maximum absolute atomic E-state index is 11.4. The number of esters is 1. The standard InChI is InChI=1S/C14H10ClNO4/c1-20-14(19)11-3-2-8(5-12(11)15)9-4-10(13(17)18)7-16-6-9/h2-7H,1H3,(H,17,18). The summed E-state index contributed by atoms with van der Waals surface area (Å²) >= 11 is 6.02. The quantitative estimate of drug-likeness (QED) is 0.880. The van der Waals surface area contributed by atoms with Gasteiger partial charge < -0.3 is 9.84 Å². The number of aromatic carboxylic acids is 1. The normalized spacial score (nSPS) is 10.1. The Kier molecular flexibility index (Phi) is 4.00. The number of nitrogens with zero attached hydrogens (tertiary/aromatic N) is 1. The summed E-state index contributed by atoms with van der Waals surface area (Å²) in [4.78, 5) is 26.2. The van der Waals surface area contributed by atoms with Crippen molar-refractivity contribution in [3.8, 4) is 11.1 Å². The molecule has 0 amide bonds. The van der Waals surface area contributed by atoms with Gasteiger partial charge in [0.2, 0.25) is 0 Å². The van der Waals surface area contributed by atoms with Gasteiger partial charge in [0.05, 0.1) is 23.3 Å². The fourth-order valence-electron chi connectivity index (χ4n) is 1.68. The average Bonchev–Trinajstić information content (AvgIpc) is 2.46. The van der Waals surface area contributed by atoms with Crippen LogP contribution in [-0.4, -0.2) is 29.1 Å². The zero-order chi connectivity index (χ0) is 14.7. The lowest BCUT2D eigenvalue weighted by atomic mass is 10.0. The van der Waals surface area contributed by atoms with Crippen LogP contribution in [0, 0.1) is 0 Å². The predicted molar refractivity (Wildman–Crippen MR) is 73.0 cm³/mol. The summed E-state index contributed by atoms with van der Waals surface area (Å²) in [5.41, 5.74) is 1.59. The molecule has 1 heterocycles. The molecule has 6 heteroatoms. The van der Waals surface area contributed by atoms with Crippen molar-refractivity contribution in [1.29, 1.82) is 0 Å². The first-order valence-corrected chi connectivity index (χ1v) is 5.97. The lowest BCUT2D eigenvalue weighted by Crippen LogP contribution is -2.02. The van der Waals surface area contributed by atoms with Gasteiger partial charge >= 0.3 is 11.9 Å². The second-order valence-electron chi connectivity index (χ2n) is 3.95. The number of halogens is 1. The third-order valence-corrected chi connectivity index (χ3v) is 3.01. The molecule has 5 nitrogen and oxygen atoms in total. The predicted octanol–water partition coefficient (Wildman–Crippen LogP) is 2.89. The van der Waals surface area contributed by atoms with E-state index in [-0.39, 0.29) is 16.1 Å². The summed E-state index contributed by atoms with van der Waals surface area (Å²) in [7, 11) is 1.27. The molecule has 2 rings (SSSR count). The topological polar surface area (TPSA) is 76.5 Å². The van der Waals surface area contributed by atoms with Gasteiger partial charge in [-0.3, -0.25) is 4.98 Å². The van der Waals surface area contributed by atoms with Gasteiger partial charge in [-0.15, -0.1) is 0 Å². The molecule has 0 aliphatic heterocycles. The Morgan fingerprint density at radius 2 is 1.95 bits per heavy atom. The molecule has 0 unspecified atom stereocenters. The van der Waals surface area contributed by atoms with E-state index in [0.29, 0.717) is 11.1 Å². The molecule has 2 aromatic rings. The summed E-state index contributed by atoms with van der Waals surface area (Å²) in [6, 6.07) is 6.23. The second kappa shape index (κ2) is 5.71. The molecule has 0 fully saturated rings. The second-order valence-corrected chi connectivity index (χ2v) is 4.36. The van der Waals surface area contributed by atoms with E-state index in [1.807, 2.05) is 0 Å². The fraction of sp³-hybridized carbons (Fsp3) is 0.0714. The molecule has 0 atom stereocenters. The van der Waals surface area contributed by atoms with E-state index in [1.54, 1.807) is 12.1 Å². The molecule has 1 N–H and O–H groups in total. The Hall–Kier alpha value is -2.40. The molecule has 0 bridgehead atoms. The van der Waals surface area contributed by atoms with Crippen LogP contribution in [0.3, 0.4) is 0 Å². The number of methoxy groups -OCH3 is 1. The molecule has 0 spiro atoms. The highest BCUT2D eigenvalue weighted by atomic mass is 35.5. The van der Waals surface area contributed by atoms with Crippen molar-refractivity contribution >= 4 is 23.5 Å². The van der Waals surface area contributed by atoms with E-state index in [0.717, 1.165) is 0 Å². The van der Waals surface area contributed by atoms with Gasteiger partial charge in [-0.2, -0.15) is 0 Å². The molecule has 0 saturated heterocycles. The number of carboxylic acid groups (broad SMARTS) is 1. The molecule has 102 valence electrons. The minimum Gasteiger partial charge on any atom is -0.478 e. The maximum Gasteiger partial charge on any atom is 0.339 e. The van der Waals surface area contributed by atoms with Crippen LogP contribution in [0.15, 0.2) is 36.7 Å². The fourth-order valence-corrected chi connectivity index (χ4v) is 1.94. The summed E-state index contributed by atoms with van der Waals surface area (Å²) in [5.74, 6) is -1.59. The van der Waals surface area contributed by atoms with Crippen LogP contribution >= 0.6 is 11.6 Å². The van der Waals surface area contributed by atoms with Crippen LogP contribution in [0.1, 0.15) is 20.7 Å². The first kappa shape index (κ1) is 14.0. The number of benzene rings is 1. The largest absolute Gasteiger partial charge is 0.478 e. The van der Waals surface area contributed by atoms with Crippen molar-refractivity contribution < 1.29 is 19.4 Å². The molecular formula is C14H10ClNO4. The Bertz CT molecular complexity index is 685. The molecular weight excluding hydrogens is 282 g/mol. The van der Waals surface area contributed by atoms with E-state index in [1.165, 1.54) is 31.6 Å². The maximum atomic E-state index is 11.4. The summed E-state index contributed by atoms with van der Waals surface area (Å²) in [6.45, 7) is 0. The van der Waals surface area contributed by atoms with Gasteiger partial charge in [-0.1, -0.05) is 17.7 Å². The van der Waals surface area contributed by atoms with E-state index in [4.69, 9.17) is 16.7 Å². The molecule has 20 heavy (non-hydrogen) atoms. The van der Waals surface area contributed by atoms with Gasteiger partial charge in [0.15, 0.2) is 0 Å². The number of ether oxygens (including phenoxy) is 1. The van der Waals surface area contributed by atoms with Gasteiger partial charge in [-0.25, -0.2) is 9.59 Å². The van der Waals surface area contributed by atoms with Crippen LogP contribution in [0.5, 0.6) is 0 Å². The van der Waals surface area contributed by atoms with Crippen LogP contribution in [0.25, 0.3) is 11.1 Å². The van der Waals surface area contributed by atoms with Gasteiger partial charge in [0, 0.05) is 18.0 Å². The van der Waals surface area contributed by atoms with Crippen LogP contribution < -0.4 is 0 Å². The lowest BCUT2D eigenvalue weighted by molar-refractivity contribution is 0.0600. The third-order valence-electron chi connectivity index (χ3n) is 2.69. The average molecular weight is 292 g/mol. The van der Waals surface area contributed by atoms with Crippen molar-refractivity contribution in [1.82, 2.24) is 4.98 Å². The van der Waals surface area contributed by atoms with Crippen molar-refractivity contribution in [3.63, 3.8) is 0 Å². The summed E-state index contributed by atoms with van der Waals surface area (Å²) in [5, 5.41) is 9.16. The number of hydrogen-bond acceptors (Lipinski definition) is 4. The number of pyridine rings is 1. The zero-order valence-corrected chi connectivity index (χ0v) is 11.2. The van der Waals surface area contributed by atoms with E-state index in [9.17, 15) is 9.59 Å². The van der Waals surface area contributed by atoms with Crippen LogP contribution in [0.4, 0.5) is 0 Å². The minimum atomic E-state index is -1.06. The molecule has 0 aliphatic carbocycles. The summed E-state index contributed by atoms with van der Waals surface area (Å²) in [6.07, 6.45) is 2.78. The Morgan fingerprint density at radius 1 is 1.20 bits per heavy atom. The first-order valence-electron chi connectivity index (χ1n) is 5.59. The molecule has 0 saturated carbocycles. The smallest absolute Gasteiger partial charge is 0.339 e. The highest BCUT2D eigenvalue weighted by Gasteiger charge is 2.12. The minimum absolute atomic E-state index is 0.0793. The number of rotatable bonds is 3. The van der Waals surface area contributed by atoms with E-state index < -0.39 is 11.9 Å². The third kappa shape index (κ3) is 2.78. The number of hydrogen-bond donors (Lipinski definition) is 1. The number of aromatic nitrogens is 1. The molecule has 0 aliphatic rings. The zero-order valence-electron chi connectivity index (χ0n) is 10.5. The highest BCUT2D eigenvalue weighted by molar-refractivity contribution is 6.33. The number of carboxylic acids is 1. The van der Waals surface area contributed by atoms with Gasteiger partial charge in [0.1, 0.15) is 0 Å². The van der Waals surface area contributed by atoms with E-state index >= 15 is 0 Å². The molecule has 0 radical (unpaired) electrons. The van der Waals surface area contributed by atoms with Crippen molar-refractivity contribution in [2.75, 3.05) is 7.11 Å².